The van der Waals surface area contributed by atoms with Gasteiger partial charge in [-0.3, -0.25) is 9.59 Å². The van der Waals surface area contributed by atoms with Gasteiger partial charge in [0.15, 0.2) is 0 Å². The molecule has 3 atom stereocenters. The van der Waals surface area contributed by atoms with Crippen LogP contribution in [-0.2, 0) is 9.59 Å². The van der Waals surface area contributed by atoms with Gasteiger partial charge in [0.05, 0.1) is 5.69 Å². The van der Waals surface area contributed by atoms with E-state index >= 15 is 0 Å². The topological polar surface area (TPSA) is 104 Å². The third kappa shape index (κ3) is 3.86. The highest BCUT2D eigenvalue weighted by molar-refractivity contribution is 6.30. The number of hydrogen-bond acceptors (Lipinski definition) is 5. The van der Waals surface area contributed by atoms with Gasteiger partial charge in [-0.1, -0.05) is 30.7 Å². The van der Waals surface area contributed by atoms with E-state index in [1.54, 1.807) is 4.90 Å². The van der Waals surface area contributed by atoms with Gasteiger partial charge in [0.2, 0.25) is 17.6 Å². The number of aromatic amines is 1. The fourth-order valence-corrected chi connectivity index (χ4v) is 4.59. The Balaban J connectivity index is 1.36. The van der Waals surface area contributed by atoms with Crippen LogP contribution in [0, 0.1) is 11.8 Å². The van der Waals surface area contributed by atoms with Gasteiger partial charge in [-0.25, -0.2) is 0 Å². The summed E-state index contributed by atoms with van der Waals surface area (Å²) in [6.07, 6.45) is 2.45. The van der Waals surface area contributed by atoms with Crippen molar-refractivity contribution in [2.45, 2.75) is 32.1 Å². The van der Waals surface area contributed by atoms with Crippen molar-refractivity contribution < 1.29 is 9.59 Å². The van der Waals surface area contributed by atoms with E-state index in [4.69, 9.17) is 11.6 Å². The number of carbonyl (C=O) groups excluding carboxylic acids is 2. The predicted molar refractivity (Wildman–Crippen MR) is 121 cm³/mol. The molecule has 164 valence electrons. The number of carbonyl (C=O) groups is 2. The maximum absolute atomic E-state index is 12.8. The summed E-state index contributed by atoms with van der Waals surface area (Å²) in [7, 11) is 0. The van der Waals surface area contributed by atoms with E-state index in [2.05, 4.69) is 25.9 Å². The molecule has 0 radical (unpaired) electrons. The van der Waals surface area contributed by atoms with Gasteiger partial charge in [0.1, 0.15) is 0 Å². The van der Waals surface area contributed by atoms with E-state index in [0.717, 1.165) is 30.5 Å². The molecule has 1 aliphatic carbocycles. The van der Waals surface area contributed by atoms with Crippen molar-refractivity contribution in [3.05, 3.63) is 53.1 Å². The molecule has 2 amide bonds. The molecular formula is C23H23ClN6O2. The Hall–Kier alpha value is -3.26. The first-order chi connectivity index (χ1) is 15.5. The normalized spacial score (nSPS) is 22.2. The number of nitrogens with zero attached hydrogens (tertiary/aromatic N) is 4. The molecule has 2 aromatic carbocycles. The second-order valence-electron chi connectivity index (χ2n) is 8.34. The molecule has 2 fully saturated rings. The van der Waals surface area contributed by atoms with Crippen LogP contribution in [0.1, 0.15) is 37.7 Å². The molecule has 2 N–H and O–H groups in total. The summed E-state index contributed by atoms with van der Waals surface area (Å²) >= 11 is 5.96. The zero-order chi connectivity index (χ0) is 22.2. The van der Waals surface area contributed by atoms with Crippen LogP contribution in [0.4, 0.5) is 11.4 Å². The van der Waals surface area contributed by atoms with Crippen molar-refractivity contribution in [1.29, 1.82) is 0 Å². The average Bonchev–Trinajstić information content (AvgIpc) is 3.23. The van der Waals surface area contributed by atoms with Gasteiger partial charge in [0, 0.05) is 34.7 Å². The minimum atomic E-state index is -0.0741. The number of anilines is 2. The van der Waals surface area contributed by atoms with Crippen LogP contribution in [0.2, 0.25) is 5.02 Å². The second-order valence-corrected chi connectivity index (χ2v) is 8.78. The summed E-state index contributed by atoms with van der Waals surface area (Å²) in [5.74, 6) is 0.630. The lowest BCUT2D eigenvalue weighted by atomic mass is 10.1. The molecule has 9 heteroatoms. The molecule has 3 aromatic rings. The van der Waals surface area contributed by atoms with E-state index in [0.29, 0.717) is 28.6 Å². The van der Waals surface area contributed by atoms with Crippen LogP contribution < -0.4 is 10.2 Å². The summed E-state index contributed by atoms with van der Waals surface area (Å²) < 4.78 is 0. The molecule has 1 saturated carbocycles. The summed E-state index contributed by atoms with van der Waals surface area (Å²) in [5, 5.41) is 18.0. The summed E-state index contributed by atoms with van der Waals surface area (Å²) in [6, 6.07) is 13.1. The number of aromatic nitrogens is 4. The Labute approximate surface area is 190 Å². The molecule has 0 bridgehead atoms. The molecule has 0 unspecified atom stereocenters. The number of benzene rings is 2. The van der Waals surface area contributed by atoms with Gasteiger partial charge in [-0.2, -0.15) is 5.21 Å². The van der Waals surface area contributed by atoms with Crippen LogP contribution in [0.5, 0.6) is 0 Å². The molecule has 1 saturated heterocycles. The number of halogens is 1. The Morgan fingerprint density at radius 2 is 2.06 bits per heavy atom. The maximum atomic E-state index is 12.8. The largest absolute Gasteiger partial charge is 0.326 e. The van der Waals surface area contributed by atoms with Crippen LogP contribution in [0.3, 0.4) is 0 Å². The fourth-order valence-electron chi connectivity index (χ4n) is 4.46. The Morgan fingerprint density at radius 3 is 2.75 bits per heavy atom. The maximum Gasteiger partial charge on any atom is 0.230 e. The van der Waals surface area contributed by atoms with Gasteiger partial charge < -0.3 is 10.2 Å². The molecule has 5 rings (SSSR count). The monoisotopic (exact) mass is 450 g/mol. The molecule has 2 heterocycles. The molecule has 1 aliphatic heterocycles. The summed E-state index contributed by atoms with van der Waals surface area (Å²) in [4.78, 5) is 27.4. The molecule has 1 aromatic heterocycles. The van der Waals surface area contributed by atoms with Crippen molar-refractivity contribution in [1.82, 2.24) is 20.6 Å². The Bertz CT molecular complexity index is 1150. The van der Waals surface area contributed by atoms with Crippen molar-refractivity contribution in [3.8, 4) is 11.4 Å². The van der Waals surface area contributed by atoms with Gasteiger partial charge >= 0.3 is 0 Å². The predicted octanol–water partition coefficient (Wildman–Crippen LogP) is 4.03. The molecule has 8 nitrogen and oxygen atoms in total. The lowest BCUT2D eigenvalue weighted by Gasteiger charge is -2.20. The highest BCUT2D eigenvalue weighted by Crippen LogP contribution is 2.48. The Kier molecular flexibility index (Phi) is 5.38. The zero-order valence-electron chi connectivity index (χ0n) is 17.6. The first-order valence-corrected chi connectivity index (χ1v) is 11.2. The number of tetrazole rings is 1. The van der Waals surface area contributed by atoms with E-state index in [1.807, 2.05) is 49.4 Å². The van der Waals surface area contributed by atoms with E-state index < -0.39 is 0 Å². The van der Waals surface area contributed by atoms with E-state index in [1.165, 1.54) is 0 Å². The van der Waals surface area contributed by atoms with Crippen LogP contribution in [0.25, 0.3) is 11.4 Å². The fraction of sp³-hybridized carbons (Fsp3) is 0.348. The summed E-state index contributed by atoms with van der Waals surface area (Å²) in [6.45, 7) is 2.68. The minimum absolute atomic E-state index is 0.0277. The molecule has 2 aliphatic rings. The third-order valence-electron chi connectivity index (χ3n) is 6.38. The highest BCUT2D eigenvalue weighted by Gasteiger charge is 2.44. The number of H-pyrrole nitrogens is 1. The minimum Gasteiger partial charge on any atom is -0.326 e. The standard InChI is InChI=1S/C23H23ClN6O2/c1-2-13-9-10-30(23(13)32)20-8-7-16(11-19(20)21-26-28-29-27-21)25-22(31)18-12-17(18)14-3-5-15(24)6-4-14/h3-8,11,13,17-18H,2,9-10,12H2,1H3,(H,25,31)(H,26,27,28,29)/t13-,17+,18-/m1/s1. The molecular weight excluding hydrogens is 428 g/mol. The Morgan fingerprint density at radius 1 is 1.25 bits per heavy atom. The van der Waals surface area contributed by atoms with Crippen molar-refractivity contribution in [2.24, 2.45) is 11.8 Å². The lowest BCUT2D eigenvalue weighted by molar-refractivity contribution is -0.120. The molecule has 0 spiro atoms. The van der Waals surface area contributed by atoms with Crippen LogP contribution in [0.15, 0.2) is 42.5 Å². The summed E-state index contributed by atoms with van der Waals surface area (Å²) in [5.41, 5.74) is 3.15. The van der Waals surface area contributed by atoms with Crippen LogP contribution >= 0.6 is 11.6 Å². The van der Waals surface area contributed by atoms with Crippen molar-refractivity contribution in [2.75, 3.05) is 16.8 Å². The average molecular weight is 451 g/mol. The number of rotatable bonds is 6. The zero-order valence-corrected chi connectivity index (χ0v) is 18.3. The smallest absolute Gasteiger partial charge is 0.230 e. The lowest BCUT2D eigenvalue weighted by Crippen LogP contribution is -2.27. The number of nitrogens with one attached hydrogen (secondary N) is 2. The van der Waals surface area contributed by atoms with Gasteiger partial charge in [-0.05, 0) is 66.3 Å². The quantitative estimate of drug-likeness (QED) is 0.590. The van der Waals surface area contributed by atoms with Gasteiger partial charge in [-0.15, -0.1) is 10.2 Å². The number of hydrogen-bond donors (Lipinski definition) is 2. The van der Waals surface area contributed by atoms with E-state index in [-0.39, 0.29) is 29.6 Å². The van der Waals surface area contributed by atoms with Crippen molar-refractivity contribution >= 4 is 34.8 Å². The number of amides is 2. The van der Waals surface area contributed by atoms with Crippen LogP contribution in [-0.4, -0.2) is 39.0 Å². The first-order valence-electron chi connectivity index (χ1n) is 10.8. The highest BCUT2D eigenvalue weighted by atomic mass is 35.5. The third-order valence-corrected chi connectivity index (χ3v) is 6.63. The van der Waals surface area contributed by atoms with E-state index in [9.17, 15) is 9.59 Å². The second kappa shape index (κ2) is 8.35. The van der Waals surface area contributed by atoms with Gasteiger partial charge in [0.25, 0.3) is 0 Å². The molecule has 32 heavy (non-hydrogen) atoms. The SMILES string of the molecule is CC[C@@H]1CCN(c2ccc(NC(=O)[C@@H]3C[C@H]3c3ccc(Cl)cc3)cc2-c2nn[nH]n2)C1=O. The van der Waals surface area contributed by atoms with Crippen molar-refractivity contribution in [3.63, 3.8) is 0 Å². The first kappa shape index (κ1) is 20.6.